The predicted octanol–water partition coefficient (Wildman–Crippen LogP) is 2.63. The van der Waals surface area contributed by atoms with Gasteiger partial charge in [0.1, 0.15) is 29.5 Å². The number of amides is 2. The van der Waals surface area contributed by atoms with Crippen molar-refractivity contribution in [2.45, 2.75) is 13.3 Å². The van der Waals surface area contributed by atoms with E-state index in [1.165, 1.54) is 6.33 Å². The van der Waals surface area contributed by atoms with Gasteiger partial charge < -0.3 is 24.8 Å². The van der Waals surface area contributed by atoms with Crippen LogP contribution in [0.3, 0.4) is 0 Å². The molecular formula is C26H29N7O3. The summed E-state index contributed by atoms with van der Waals surface area (Å²) in [5.74, 6) is 2.60. The lowest BCUT2D eigenvalue weighted by atomic mass is 10.1. The van der Waals surface area contributed by atoms with Crippen molar-refractivity contribution < 1.29 is 14.3 Å². The summed E-state index contributed by atoms with van der Waals surface area (Å²) in [5, 5.41) is 3.22. The molecule has 0 bridgehead atoms. The molecule has 1 unspecified atom stereocenters. The number of nitrogens with one attached hydrogen (secondary N) is 1. The second-order valence-corrected chi connectivity index (χ2v) is 9.02. The topological polar surface area (TPSA) is 104 Å². The summed E-state index contributed by atoms with van der Waals surface area (Å²) in [6.07, 6.45) is 3.52. The van der Waals surface area contributed by atoms with Gasteiger partial charge in [0, 0.05) is 57.1 Å². The van der Waals surface area contributed by atoms with Gasteiger partial charge in [-0.1, -0.05) is 0 Å². The molecule has 186 valence electrons. The zero-order valence-electron chi connectivity index (χ0n) is 20.4. The molecule has 0 radical (unpaired) electrons. The van der Waals surface area contributed by atoms with Gasteiger partial charge in [-0.3, -0.25) is 9.59 Å². The fourth-order valence-corrected chi connectivity index (χ4v) is 4.62. The Labute approximate surface area is 209 Å². The van der Waals surface area contributed by atoms with Crippen LogP contribution < -0.4 is 19.9 Å². The van der Waals surface area contributed by atoms with Crippen LogP contribution in [0.2, 0.25) is 0 Å². The summed E-state index contributed by atoms with van der Waals surface area (Å²) in [5.41, 5.74) is 1.90. The molecule has 1 atom stereocenters. The van der Waals surface area contributed by atoms with E-state index in [0.29, 0.717) is 38.5 Å². The van der Waals surface area contributed by atoms with Gasteiger partial charge in [-0.15, -0.1) is 0 Å². The quantitative estimate of drug-likeness (QED) is 0.566. The van der Waals surface area contributed by atoms with Crippen LogP contribution in [0.5, 0.6) is 5.75 Å². The molecule has 4 heterocycles. The molecule has 2 aliphatic rings. The van der Waals surface area contributed by atoms with Crippen LogP contribution in [0.4, 0.5) is 23.1 Å². The number of methoxy groups -OCH3 is 1. The average molecular weight is 488 g/mol. The highest BCUT2D eigenvalue weighted by Gasteiger charge is 2.38. The Balaban J connectivity index is 1.17. The van der Waals surface area contributed by atoms with Crippen LogP contribution in [-0.2, 0) is 9.59 Å². The minimum Gasteiger partial charge on any atom is -0.497 e. The molecule has 1 N–H and O–H groups in total. The van der Waals surface area contributed by atoms with E-state index in [-0.39, 0.29) is 24.2 Å². The minimum absolute atomic E-state index is 0.0266. The number of ether oxygens (including phenoxy) is 1. The lowest BCUT2D eigenvalue weighted by Gasteiger charge is -2.36. The number of hydrogen-bond acceptors (Lipinski definition) is 8. The van der Waals surface area contributed by atoms with E-state index in [1.54, 1.807) is 18.2 Å². The van der Waals surface area contributed by atoms with Crippen molar-refractivity contribution in [3.63, 3.8) is 0 Å². The Morgan fingerprint density at radius 1 is 1.00 bits per heavy atom. The van der Waals surface area contributed by atoms with Crippen molar-refractivity contribution in [3.05, 3.63) is 60.6 Å². The molecule has 36 heavy (non-hydrogen) atoms. The maximum absolute atomic E-state index is 13.2. The fourth-order valence-electron chi connectivity index (χ4n) is 4.62. The first kappa shape index (κ1) is 23.5. The minimum atomic E-state index is -0.331. The van der Waals surface area contributed by atoms with E-state index in [0.717, 1.165) is 28.6 Å². The molecule has 1 aromatic carbocycles. The Bertz CT molecular complexity index is 1240. The van der Waals surface area contributed by atoms with Gasteiger partial charge in [-0.2, -0.15) is 0 Å². The Morgan fingerprint density at radius 2 is 1.75 bits per heavy atom. The number of pyridine rings is 1. The standard InChI is InChI=1S/C26H29N7O3/c1-18-7-8-27-22(13-18)30-23-15-24(29-17-28-23)31-9-11-32(12-10-31)26(35)19-14-25(34)33(16-19)20-3-5-21(36-2)6-4-20/h3-8,13,15,17,19H,9-12,14,16H2,1-2H3,(H,27,28,29,30). The molecule has 3 aromatic rings. The number of aryl methyl sites for hydroxylation is 1. The summed E-state index contributed by atoms with van der Waals surface area (Å²) in [4.78, 5) is 44.6. The highest BCUT2D eigenvalue weighted by molar-refractivity contribution is 6.00. The van der Waals surface area contributed by atoms with E-state index >= 15 is 0 Å². The Morgan fingerprint density at radius 3 is 2.47 bits per heavy atom. The van der Waals surface area contributed by atoms with Gasteiger partial charge in [0.25, 0.3) is 0 Å². The number of carbonyl (C=O) groups is 2. The third kappa shape index (κ3) is 5.07. The maximum atomic E-state index is 13.2. The third-order valence-corrected chi connectivity index (χ3v) is 6.60. The molecular weight excluding hydrogens is 458 g/mol. The van der Waals surface area contributed by atoms with Crippen molar-refractivity contribution in [1.29, 1.82) is 0 Å². The molecule has 2 aliphatic heterocycles. The van der Waals surface area contributed by atoms with Crippen molar-refractivity contribution in [2.24, 2.45) is 5.92 Å². The molecule has 2 fully saturated rings. The fraction of sp³-hybridized carbons (Fsp3) is 0.346. The summed E-state index contributed by atoms with van der Waals surface area (Å²) in [6, 6.07) is 13.1. The number of piperazine rings is 1. The summed E-state index contributed by atoms with van der Waals surface area (Å²) < 4.78 is 5.19. The number of carbonyl (C=O) groups excluding carboxylic acids is 2. The van der Waals surface area contributed by atoms with Crippen LogP contribution in [0.25, 0.3) is 0 Å². The van der Waals surface area contributed by atoms with E-state index in [2.05, 4.69) is 25.2 Å². The first-order chi connectivity index (χ1) is 17.5. The van der Waals surface area contributed by atoms with Crippen molar-refractivity contribution in [1.82, 2.24) is 19.9 Å². The largest absolute Gasteiger partial charge is 0.497 e. The van der Waals surface area contributed by atoms with Crippen molar-refractivity contribution in [3.8, 4) is 5.75 Å². The van der Waals surface area contributed by atoms with Crippen LogP contribution in [-0.4, -0.2) is 71.5 Å². The third-order valence-electron chi connectivity index (χ3n) is 6.60. The van der Waals surface area contributed by atoms with Gasteiger partial charge in [-0.05, 0) is 48.9 Å². The zero-order valence-corrected chi connectivity index (χ0v) is 20.4. The van der Waals surface area contributed by atoms with Gasteiger partial charge in [0.15, 0.2) is 0 Å². The van der Waals surface area contributed by atoms with E-state index in [4.69, 9.17) is 4.74 Å². The van der Waals surface area contributed by atoms with Gasteiger partial charge >= 0.3 is 0 Å². The number of hydrogen-bond donors (Lipinski definition) is 1. The second kappa shape index (κ2) is 10.2. The van der Waals surface area contributed by atoms with Crippen LogP contribution >= 0.6 is 0 Å². The summed E-state index contributed by atoms with van der Waals surface area (Å²) >= 11 is 0. The van der Waals surface area contributed by atoms with Gasteiger partial charge in [0.2, 0.25) is 11.8 Å². The lowest BCUT2D eigenvalue weighted by molar-refractivity contribution is -0.136. The zero-order chi connectivity index (χ0) is 25.1. The molecule has 5 rings (SSSR count). The number of aromatic nitrogens is 3. The van der Waals surface area contributed by atoms with Crippen LogP contribution in [0.15, 0.2) is 55.0 Å². The van der Waals surface area contributed by atoms with E-state index in [9.17, 15) is 9.59 Å². The summed E-state index contributed by atoms with van der Waals surface area (Å²) in [7, 11) is 1.61. The Kier molecular flexibility index (Phi) is 6.66. The maximum Gasteiger partial charge on any atom is 0.228 e. The van der Waals surface area contributed by atoms with Gasteiger partial charge in [0.05, 0.1) is 13.0 Å². The molecule has 2 saturated heterocycles. The number of anilines is 4. The molecule has 0 spiro atoms. The number of nitrogens with zero attached hydrogens (tertiary/aromatic N) is 6. The van der Waals surface area contributed by atoms with Crippen LogP contribution in [0, 0.1) is 12.8 Å². The molecule has 10 heteroatoms. The smallest absolute Gasteiger partial charge is 0.228 e. The molecule has 0 aliphatic carbocycles. The first-order valence-corrected chi connectivity index (χ1v) is 12.0. The SMILES string of the molecule is COc1ccc(N2CC(C(=O)N3CCN(c4cc(Nc5cc(C)ccn5)ncn4)CC3)CC2=O)cc1. The van der Waals surface area contributed by atoms with E-state index < -0.39 is 0 Å². The van der Waals surface area contributed by atoms with Crippen molar-refractivity contribution >= 4 is 35.0 Å². The average Bonchev–Trinajstić information content (AvgIpc) is 3.30. The monoisotopic (exact) mass is 487 g/mol. The van der Waals surface area contributed by atoms with Crippen molar-refractivity contribution in [2.75, 3.05) is 55.0 Å². The number of rotatable bonds is 6. The highest BCUT2D eigenvalue weighted by atomic mass is 16.5. The molecule has 2 aromatic heterocycles. The predicted molar refractivity (Wildman–Crippen MR) is 137 cm³/mol. The second-order valence-electron chi connectivity index (χ2n) is 9.02. The van der Waals surface area contributed by atoms with Crippen LogP contribution in [0.1, 0.15) is 12.0 Å². The van der Waals surface area contributed by atoms with Gasteiger partial charge in [-0.25, -0.2) is 15.0 Å². The summed E-state index contributed by atoms with van der Waals surface area (Å²) in [6.45, 7) is 4.90. The number of benzene rings is 1. The normalized spacial score (nSPS) is 17.9. The Hall–Kier alpha value is -4.21. The van der Waals surface area contributed by atoms with E-state index in [1.807, 2.05) is 54.3 Å². The molecule has 2 amide bonds. The highest BCUT2D eigenvalue weighted by Crippen LogP contribution is 2.28. The first-order valence-electron chi connectivity index (χ1n) is 12.0. The molecule has 10 nitrogen and oxygen atoms in total. The lowest BCUT2D eigenvalue weighted by Crippen LogP contribution is -2.51. The molecule has 0 saturated carbocycles.